The number of hydrogen-bond donors (Lipinski definition) is 1. The molecule has 3 aromatic rings. The Bertz CT molecular complexity index is 954. The highest BCUT2D eigenvalue weighted by Crippen LogP contribution is 2.10. The summed E-state index contributed by atoms with van der Waals surface area (Å²) in [5.41, 5.74) is -0.276. The number of imidazole rings is 1. The minimum atomic E-state index is -0.788. The van der Waals surface area contributed by atoms with Gasteiger partial charge in [0.2, 0.25) is 0 Å². The van der Waals surface area contributed by atoms with Crippen molar-refractivity contribution in [2.45, 2.75) is 19.3 Å². The predicted molar refractivity (Wildman–Crippen MR) is 90.2 cm³/mol. The van der Waals surface area contributed by atoms with Crippen molar-refractivity contribution in [3.63, 3.8) is 0 Å². The Kier molecular flexibility index (Phi) is 4.65. The van der Waals surface area contributed by atoms with Crippen molar-refractivity contribution >= 4 is 22.5 Å². The Hall–Kier alpha value is -2.23. The van der Waals surface area contributed by atoms with Gasteiger partial charge in [0.05, 0.1) is 32.2 Å². The Balaban J connectivity index is 1.75. The molecule has 1 atom stereocenters. The van der Waals surface area contributed by atoms with Gasteiger partial charge in [0, 0.05) is 19.0 Å². The lowest BCUT2D eigenvalue weighted by molar-refractivity contribution is 0.0218. The van der Waals surface area contributed by atoms with E-state index < -0.39 is 17.4 Å². The van der Waals surface area contributed by atoms with Crippen LogP contribution in [0.25, 0.3) is 11.2 Å². The van der Waals surface area contributed by atoms with Crippen molar-refractivity contribution in [3.05, 3.63) is 49.6 Å². The lowest BCUT2D eigenvalue weighted by Crippen LogP contribution is -2.38. The van der Waals surface area contributed by atoms with Gasteiger partial charge in [0.15, 0.2) is 11.2 Å². The molecule has 0 aromatic carbocycles. The van der Waals surface area contributed by atoms with Crippen molar-refractivity contribution in [2.75, 3.05) is 6.61 Å². The van der Waals surface area contributed by atoms with Gasteiger partial charge in [-0.2, -0.15) is 0 Å². The molecule has 8 nitrogen and oxygen atoms in total. The van der Waals surface area contributed by atoms with Crippen LogP contribution in [0.4, 0.5) is 0 Å². The quantitative estimate of drug-likeness (QED) is 0.679. The lowest BCUT2D eigenvalue weighted by Gasteiger charge is -2.12. The highest BCUT2D eigenvalue weighted by molar-refractivity contribution is 7.09. The summed E-state index contributed by atoms with van der Waals surface area (Å²) in [6, 6.07) is 3.90. The third-order valence-electron chi connectivity index (χ3n) is 3.76. The van der Waals surface area contributed by atoms with E-state index >= 15 is 0 Å². The minimum Gasteiger partial charge on any atom is -0.389 e. The van der Waals surface area contributed by atoms with Crippen molar-refractivity contribution in [3.8, 4) is 0 Å². The summed E-state index contributed by atoms with van der Waals surface area (Å²) in [4.78, 5) is 29.4. The Labute approximate surface area is 141 Å². The van der Waals surface area contributed by atoms with E-state index in [4.69, 9.17) is 4.74 Å². The number of aromatic nitrogens is 4. The molecule has 0 spiro atoms. The molecule has 0 amide bonds. The molecule has 0 saturated heterocycles. The van der Waals surface area contributed by atoms with Crippen molar-refractivity contribution < 1.29 is 9.84 Å². The third-order valence-corrected chi connectivity index (χ3v) is 4.61. The van der Waals surface area contributed by atoms with E-state index in [0.29, 0.717) is 12.3 Å². The molecule has 3 rings (SSSR count). The second-order valence-corrected chi connectivity index (χ2v) is 6.56. The van der Waals surface area contributed by atoms with E-state index in [9.17, 15) is 14.7 Å². The first-order chi connectivity index (χ1) is 11.5. The van der Waals surface area contributed by atoms with E-state index in [1.807, 2.05) is 17.5 Å². The topological polar surface area (TPSA) is 91.3 Å². The average molecular weight is 350 g/mol. The van der Waals surface area contributed by atoms with Crippen LogP contribution in [0.1, 0.15) is 4.88 Å². The van der Waals surface area contributed by atoms with Crippen molar-refractivity contribution in [2.24, 2.45) is 14.1 Å². The van der Waals surface area contributed by atoms with Gasteiger partial charge in [0.25, 0.3) is 5.56 Å². The first-order valence-electron chi connectivity index (χ1n) is 7.38. The van der Waals surface area contributed by atoms with Crippen LogP contribution in [0.3, 0.4) is 0 Å². The number of hydrogen-bond acceptors (Lipinski definition) is 6. The maximum absolute atomic E-state index is 12.3. The number of aliphatic hydroxyl groups is 1. The van der Waals surface area contributed by atoms with Gasteiger partial charge in [-0.05, 0) is 11.4 Å². The number of ether oxygens (including phenoxy) is 1. The standard InChI is InChI=1S/C15H18N4O4S/c1-17-13-12(14(21)18(2)15(17)22)19(9-16-13)6-10(20)7-23-8-11-4-3-5-24-11/h3-5,9-10,20H,6-8H2,1-2H3/t10-/m1/s1. The summed E-state index contributed by atoms with van der Waals surface area (Å²) in [5.74, 6) is 0. The molecule has 0 bridgehead atoms. The molecule has 3 aromatic heterocycles. The first kappa shape index (κ1) is 16.6. The molecule has 0 fully saturated rings. The number of aliphatic hydroxyl groups excluding tert-OH is 1. The van der Waals surface area contributed by atoms with Gasteiger partial charge in [-0.25, -0.2) is 9.78 Å². The van der Waals surface area contributed by atoms with Gasteiger partial charge in [-0.15, -0.1) is 11.3 Å². The molecule has 0 unspecified atom stereocenters. The van der Waals surface area contributed by atoms with E-state index in [1.165, 1.54) is 17.9 Å². The molecule has 0 radical (unpaired) electrons. The van der Waals surface area contributed by atoms with Gasteiger partial charge in [0.1, 0.15) is 0 Å². The number of rotatable bonds is 6. The van der Waals surface area contributed by atoms with E-state index in [0.717, 1.165) is 9.44 Å². The Morgan fingerprint density at radius 1 is 1.33 bits per heavy atom. The summed E-state index contributed by atoms with van der Waals surface area (Å²) in [6.07, 6.45) is 0.665. The Morgan fingerprint density at radius 3 is 2.83 bits per heavy atom. The maximum Gasteiger partial charge on any atom is 0.332 e. The van der Waals surface area contributed by atoms with E-state index in [-0.39, 0.29) is 18.7 Å². The van der Waals surface area contributed by atoms with Crippen LogP contribution in [0.2, 0.25) is 0 Å². The third kappa shape index (κ3) is 3.05. The van der Waals surface area contributed by atoms with Crippen LogP contribution >= 0.6 is 11.3 Å². The van der Waals surface area contributed by atoms with Crippen LogP contribution in [0.5, 0.6) is 0 Å². The van der Waals surface area contributed by atoms with Gasteiger partial charge >= 0.3 is 5.69 Å². The lowest BCUT2D eigenvalue weighted by atomic mass is 10.3. The molecular formula is C15H18N4O4S. The summed E-state index contributed by atoms with van der Waals surface area (Å²) in [5, 5.41) is 12.1. The van der Waals surface area contributed by atoms with Crippen LogP contribution in [0, 0.1) is 0 Å². The zero-order chi connectivity index (χ0) is 17.3. The van der Waals surface area contributed by atoms with Crippen molar-refractivity contribution in [1.82, 2.24) is 18.7 Å². The monoisotopic (exact) mass is 350 g/mol. The fourth-order valence-electron chi connectivity index (χ4n) is 2.51. The largest absolute Gasteiger partial charge is 0.389 e. The molecular weight excluding hydrogens is 332 g/mol. The molecule has 24 heavy (non-hydrogen) atoms. The first-order valence-corrected chi connectivity index (χ1v) is 8.26. The van der Waals surface area contributed by atoms with Gasteiger partial charge in [-0.1, -0.05) is 6.07 Å². The normalized spacial score (nSPS) is 12.8. The molecule has 1 N–H and O–H groups in total. The molecule has 0 saturated carbocycles. The van der Waals surface area contributed by atoms with E-state index in [2.05, 4.69) is 4.98 Å². The second-order valence-electron chi connectivity index (χ2n) is 5.52. The maximum atomic E-state index is 12.3. The number of thiophene rings is 1. The second kappa shape index (κ2) is 6.71. The molecule has 0 aliphatic heterocycles. The zero-order valence-corrected chi connectivity index (χ0v) is 14.2. The predicted octanol–water partition coefficient (Wildman–Crippen LogP) is 0.0729. The molecule has 3 heterocycles. The summed E-state index contributed by atoms with van der Waals surface area (Å²) in [7, 11) is 2.98. The molecule has 128 valence electrons. The average Bonchev–Trinajstić information content (AvgIpc) is 3.21. The molecule has 0 aliphatic carbocycles. The van der Waals surface area contributed by atoms with Gasteiger partial charge < -0.3 is 14.4 Å². The summed E-state index contributed by atoms with van der Waals surface area (Å²) in [6.45, 7) is 0.744. The molecule has 9 heteroatoms. The zero-order valence-electron chi connectivity index (χ0n) is 13.4. The summed E-state index contributed by atoms with van der Waals surface area (Å²) >= 11 is 1.59. The minimum absolute atomic E-state index is 0.143. The number of nitrogens with zero attached hydrogens (tertiary/aromatic N) is 4. The van der Waals surface area contributed by atoms with E-state index in [1.54, 1.807) is 23.0 Å². The smallest absolute Gasteiger partial charge is 0.332 e. The highest BCUT2D eigenvalue weighted by atomic mass is 32.1. The fourth-order valence-corrected chi connectivity index (χ4v) is 3.15. The van der Waals surface area contributed by atoms with Crippen LogP contribution in [0.15, 0.2) is 33.4 Å². The number of fused-ring (bicyclic) bond motifs is 1. The van der Waals surface area contributed by atoms with Crippen molar-refractivity contribution in [1.29, 1.82) is 0 Å². The van der Waals surface area contributed by atoms with Crippen LogP contribution in [-0.2, 0) is 32.0 Å². The Morgan fingerprint density at radius 2 is 2.12 bits per heavy atom. The molecule has 0 aliphatic rings. The summed E-state index contributed by atoms with van der Waals surface area (Å²) < 4.78 is 9.38. The number of aryl methyl sites for hydroxylation is 1. The van der Waals surface area contributed by atoms with Crippen LogP contribution in [-0.4, -0.2) is 36.5 Å². The SMILES string of the molecule is Cn1c(=O)c2c(ncn2C[C@@H](O)COCc2cccs2)n(C)c1=O. The fraction of sp³-hybridized carbons (Fsp3) is 0.400. The highest BCUT2D eigenvalue weighted by Gasteiger charge is 2.16. The van der Waals surface area contributed by atoms with Crippen LogP contribution < -0.4 is 11.2 Å². The van der Waals surface area contributed by atoms with Gasteiger partial charge in [-0.3, -0.25) is 13.9 Å².